The van der Waals surface area contributed by atoms with E-state index in [0.29, 0.717) is 29.6 Å². The molecule has 3 saturated carbocycles. The molecule has 0 bridgehead atoms. The van der Waals surface area contributed by atoms with Gasteiger partial charge in [0.25, 0.3) is 0 Å². The van der Waals surface area contributed by atoms with Gasteiger partial charge in [0.15, 0.2) is 0 Å². The minimum Gasteiger partial charge on any atom is -0.494 e. The van der Waals surface area contributed by atoms with E-state index in [9.17, 15) is 18.3 Å². The number of hydrogen-bond acceptors (Lipinski definition) is 2. The van der Waals surface area contributed by atoms with E-state index in [1.807, 2.05) is 0 Å². The maximum Gasteiger partial charge on any atom is 0.416 e. The Morgan fingerprint density at radius 1 is 1.08 bits per heavy atom. The molecule has 0 unspecified atom stereocenters. The van der Waals surface area contributed by atoms with Gasteiger partial charge in [-0.1, -0.05) is 38.5 Å². The Morgan fingerprint density at radius 2 is 1.89 bits per heavy atom. The quantitative estimate of drug-likeness (QED) is 0.311. The summed E-state index contributed by atoms with van der Waals surface area (Å²) in [6, 6.07) is 5.21. The number of aliphatic hydroxyl groups is 1. The van der Waals surface area contributed by atoms with E-state index in [0.717, 1.165) is 62.0 Å². The first-order valence-electron chi connectivity index (χ1n) is 14.2. The molecule has 4 aliphatic rings. The summed E-state index contributed by atoms with van der Waals surface area (Å²) in [7, 11) is 0. The first-order valence-corrected chi connectivity index (χ1v) is 14.2. The number of fused-ring (bicyclic) bond motifs is 5. The lowest BCUT2D eigenvalue weighted by atomic mass is 9.47. The average Bonchev–Trinajstić information content (AvgIpc) is 3.19. The van der Waals surface area contributed by atoms with Crippen LogP contribution in [0.15, 0.2) is 35.9 Å². The van der Waals surface area contributed by atoms with Crippen LogP contribution in [0.2, 0.25) is 0 Å². The molecule has 1 N–H and O–H groups in total. The monoisotopic (exact) mass is 504 g/mol. The predicted molar refractivity (Wildman–Crippen MR) is 137 cm³/mol. The van der Waals surface area contributed by atoms with Crippen LogP contribution in [0.4, 0.5) is 13.2 Å². The molecule has 5 heteroatoms. The first kappa shape index (κ1) is 26.1. The van der Waals surface area contributed by atoms with Gasteiger partial charge in [-0.2, -0.15) is 13.2 Å². The summed E-state index contributed by atoms with van der Waals surface area (Å²) in [6.45, 7) is 7.90. The fourth-order valence-corrected chi connectivity index (χ4v) is 9.18. The van der Waals surface area contributed by atoms with Gasteiger partial charge < -0.3 is 9.84 Å². The van der Waals surface area contributed by atoms with Crippen molar-refractivity contribution in [1.82, 2.24) is 0 Å². The maximum atomic E-state index is 13.0. The zero-order chi connectivity index (χ0) is 25.7. The molecule has 0 radical (unpaired) electrons. The molecule has 200 valence electrons. The van der Waals surface area contributed by atoms with Crippen molar-refractivity contribution >= 4 is 0 Å². The third kappa shape index (κ3) is 4.63. The second-order valence-electron chi connectivity index (χ2n) is 12.9. The Labute approximate surface area is 214 Å². The van der Waals surface area contributed by atoms with E-state index in [1.54, 1.807) is 6.07 Å². The third-order valence-corrected chi connectivity index (χ3v) is 11.1. The van der Waals surface area contributed by atoms with Gasteiger partial charge in [-0.15, -0.1) is 0 Å². The van der Waals surface area contributed by atoms with Crippen LogP contribution in [0.5, 0.6) is 5.75 Å². The Balaban J connectivity index is 1.18. The molecule has 0 saturated heterocycles. The van der Waals surface area contributed by atoms with Crippen molar-refractivity contribution in [3.05, 3.63) is 41.5 Å². The molecular formula is C31H43F3O2. The molecule has 0 amide bonds. The van der Waals surface area contributed by atoms with Crippen molar-refractivity contribution in [1.29, 1.82) is 0 Å². The minimum absolute atomic E-state index is 0.149. The molecule has 5 rings (SSSR count). The SMILES string of the molecule is C[C@H](CCCOc1cccc(C(F)(F)F)c1)[C@H]1CC[C@H]2[C@@H]3CC=C4C[C@@H](O)CC[C@]4(C)[C@H]3CC[C@]12C. The zero-order valence-corrected chi connectivity index (χ0v) is 22.1. The summed E-state index contributed by atoms with van der Waals surface area (Å²) in [5, 5.41) is 10.2. The molecule has 3 fully saturated rings. The van der Waals surface area contributed by atoms with Gasteiger partial charge in [0, 0.05) is 0 Å². The van der Waals surface area contributed by atoms with Crippen molar-refractivity contribution in [2.75, 3.05) is 6.61 Å². The fraction of sp³-hybridized carbons (Fsp3) is 0.742. The smallest absolute Gasteiger partial charge is 0.416 e. The van der Waals surface area contributed by atoms with Crippen LogP contribution in [-0.4, -0.2) is 17.8 Å². The van der Waals surface area contributed by atoms with Gasteiger partial charge in [-0.25, -0.2) is 0 Å². The first-order chi connectivity index (χ1) is 17.0. The van der Waals surface area contributed by atoms with E-state index in [2.05, 4.69) is 26.8 Å². The van der Waals surface area contributed by atoms with Crippen LogP contribution in [0, 0.1) is 40.4 Å². The minimum atomic E-state index is -4.34. The molecule has 0 aromatic heterocycles. The maximum absolute atomic E-state index is 13.0. The topological polar surface area (TPSA) is 29.5 Å². The number of ether oxygens (including phenoxy) is 1. The fourth-order valence-electron chi connectivity index (χ4n) is 9.18. The van der Waals surface area contributed by atoms with Crippen LogP contribution < -0.4 is 4.74 Å². The van der Waals surface area contributed by atoms with Gasteiger partial charge in [-0.3, -0.25) is 0 Å². The summed E-state index contributed by atoms with van der Waals surface area (Å²) in [5.74, 6) is 3.93. The summed E-state index contributed by atoms with van der Waals surface area (Å²) < 4.78 is 44.6. The third-order valence-electron chi connectivity index (χ3n) is 11.1. The number of rotatable bonds is 6. The van der Waals surface area contributed by atoms with Crippen molar-refractivity contribution < 1.29 is 23.0 Å². The van der Waals surface area contributed by atoms with Gasteiger partial charge in [0.2, 0.25) is 0 Å². The van der Waals surface area contributed by atoms with Crippen LogP contribution in [0.25, 0.3) is 0 Å². The summed E-state index contributed by atoms with van der Waals surface area (Å²) in [4.78, 5) is 0. The molecule has 8 atom stereocenters. The van der Waals surface area contributed by atoms with Crippen LogP contribution >= 0.6 is 0 Å². The van der Waals surface area contributed by atoms with Crippen molar-refractivity contribution in [3.8, 4) is 5.75 Å². The van der Waals surface area contributed by atoms with Gasteiger partial charge in [0.05, 0.1) is 18.3 Å². The van der Waals surface area contributed by atoms with E-state index in [4.69, 9.17) is 4.74 Å². The molecule has 4 aliphatic carbocycles. The molecule has 0 aliphatic heterocycles. The largest absolute Gasteiger partial charge is 0.494 e. The van der Waals surface area contributed by atoms with E-state index < -0.39 is 11.7 Å². The van der Waals surface area contributed by atoms with E-state index in [-0.39, 0.29) is 11.5 Å². The lowest BCUT2D eigenvalue weighted by molar-refractivity contribution is -0.137. The van der Waals surface area contributed by atoms with E-state index in [1.165, 1.54) is 43.7 Å². The zero-order valence-electron chi connectivity index (χ0n) is 22.1. The Hall–Kier alpha value is -1.49. The lowest BCUT2D eigenvalue weighted by Gasteiger charge is -2.58. The Bertz CT molecular complexity index is 971. The second kappa shape index (κ2) is 9.67. The lowest BCUT2D eigenvalue weighted by Crippen LogP contribution is -2.50. The second-order valence-corrected chi connectivity index (χ2v) is 12.9. The number of benzene rings is 1. The number of halogens is 3. The molecule has 2 nitrogen and oxygen atoms in total. The summed E-state index contributed by atoms with van der Waals surface area (Å²) >= 11 is 0. The number of hydrogen-bond donors (Lipinski definition) is 1. The van der Waals surface area contributed by atoms with Crippen LogP contribution in [0.3, 0.4) is 0 Å². The highest BCUT2D eigenvalue weighted by atomic mass is 19.4. The van der Waals surface area contributed by atoms with E-state index >= 15 is 0 Å². The van der Waals surface area contributed by atoms with Gasteiger partial charge >= 0.3 is 6.18 Å². The van der Waals surface area contributed by atoms with Crippen molar-refractivity contribution in [2.24, 2.45) is 40.4 Å². The van der Waals surface area contributed by atoms with Crippen LogP contribution in [-0.2, 0) is 6.18 Å². The highest BCUT2D eigenvalue weighted by Crippen LogP contribution is 2.67. The van der Waals surface area contributed by atoms with Gasteiger partial charge in [-0.05, 0) is 123 Å². The molecule has 0 heterocycles. The normalized spacial score (nSPS) is 39.0. The standard InChI is InChI=1S/C31H43F3O2/c1-20(6-5-17-36-24-8-4-7-22(19-24)31(32,33)34)26-11-12-27-25-10-9-21-18-23(35)13-15-29(21,2)28(25)14-16-30(26,27)3/h4,7-9,19-20,23,25-28,35H,5-6,10-18H2,1-3H3/t20-,23+,25+,26-,27+,28+,29+,30-/m1/s1. The number of alkyl halides is 3. The highest BCUT2D eigenvalue weighted by molar-refractivity contribution is 5.30. The van der Waals surface area contributed by atoms with Crippen molar-refractivity contribution in [2.45, 2.75) is 97.3 Å². The summed E-state index contributed by atoms with van der Waals surface area (Å²) in [5.41, 5.74) is 1.55. The number of aliphatic hydroxyl groups excluding tert-OH is 1. The Morgan fingerprint density at radius 3 is 2.67 bits per heavy atom. The average molecular weight is 505 g/mol. The molecule has 1 aromatic carbocycles. The van der Waals surface area contributed by atoms with Crippen molar-refractivity contribution in [3.63, 3.8) is 0 Å². The molecule has 36 heavy (non-hydrogen) atoms. The van der Waals surface area contributed by atoms with Gasteiger partial charge in [0.1, 0.15) is 5.75 Å². The molecular weight excluding hydrogens is 461 g/mol. The Kier molecular flexibility index (Phi) is 7.02. The molecule has 1 aromatic rings. The van der Waals surface area contributed by atoms with Crippen LogP contribution in [0.1, 0.15) is 90.5 Å². The molecule has 0 spiro atoms. The predicted octanol–water partition coefficient (Wildman–Crippen LogP) is 8.44. The number of allylic oxidation sites excluding steroid dienone is 1. The highest BCUT2D eigenvalue weighted by Gasteiger charge is 2.59. The summed E-state index contributed by atoms with van der Waals surface area (Å²) in [6.07, 6.45) is 9.33.